The molecule has 118 valence electrons. The maximum atomic E-state index is 12.1. The van der Waals surface area contributed by atoms with Gasteiger partial charge >= 0.3 is 5.97 Å². The van der Waals surface area contributed by atoms with Crippen molar-refractivity contribution in [3.63, 3.8) is 0 Å². The predicted octanol–water partition coefficient (Wildman–Crippen LogP) is 1.43. The van der Waals surface area contributed by atoms with Gasteiger partial charge in [-0.1, -0.05) is 29.8 Å². The Morgan fingerprint density at radius 2 is 2.05 bits per heavy atom. The van der Waals surface area contributed by atoms with E-state index in [1.807, 2.05) is 0 Å². The lowest BCUT2D eigenvalue weighted by molar-refractivity contribution is -0.137. The van der Waals surface area contributed by atoms with Crippen molar-refractivity contribution in [1.82, 2.24) is 5.32 Å². The quantitative estimate of drug-likeness (QED) is 0.585. The standard InChI is InChI=1S/C15H17ClN2O4/c1-2-22-13(19)9-5-8-12(14(17)20)18-15(21)10-6-3-4-7-11(10)16/h3-7,9,12H,2,8H2,1H3,(H2,17,20)(H,18,21)/b9-5+/t12-/m1/s1. The molecule has 6 nitrogen and oxygen atoms in total. The molecule has 0 unspecified atom stereocenters. The molecule has 0 aromatic heterocycles. The van der Waals surface area contributed by atoms with Crippen LogP contribution >= 0.6 is 11.6 Å². The number of ether oxygens (including phenoxy) is 1. The number of esters is 1. The first-order valence-electron chi connectivity index (χ1n) is 6.63. The number of nitrogens with two attached hydrogens (primary N) is 1. The number of hydrogen-bond acceptors (Lipinski definition) is 4. The monoisotopic (exact) mass is 324 g/mol. The summed E-state index contributed by atoms with van der Waals surface area (Å²) >= 11 is 5.91. The van der Waals surface area contributed by atoms with Crippen molar-refractivity contribution in [2.24, 2.45) is 5.73 Å². The minimum absolute atomic E-state index is 0.0738. The summed E-state index contributed by atoms with van der Waals surface area (Å²) in [6.45, 7) is 1.94. The van der Waals surface area contributed by atoms with Gasteiger partial charge in [0.05, 0.1) is 17.2 Å². The molecule has 1 aromatic carbocycles. The number of primary amides is 1. The van der Waals surface area contributed by atoms with Crippen LogP contribution in [0.2, 0.25) is 5.02 Å². The summed E-state index contributed by atoms with van der Waals surface area (Å²) in [6.07, 6.45) is 2.67. The van der Waals surface area contributed by atoms with Crippen molar-refractivity contribution in [3.05, 3.63) is 47.0 Å². The summed E-state index contributed by atoms with van der Waals surface area (Å²) in [4.78, 5) is 34.6. The Hall–Kier alpha value is -2.34. The van der Waals surface area contributed by atoms with Crippen LogP contribution in [0.3, 0.4) is 0 Å². The molecule has 3 N–H and O–H groups in total. The van der Waals surface area contributed by atoms with Crippen LogP contribution in [-0.2, 0) is 14.3 Å². The maximum Gasteiger partial charge on any atom is 0.330 e. The van der Waals surface area contributed by atoms with Gasteiger partial charge in [0.1, 0.15) is 6.04 Å². The molecule has 0 saturated carbocycles. The van der Waals surface area contributed by atoms with Crippen LogP contribution < -0.4 is 11.1 Å². The third-order valence-electron chi connectivity index (χ3n) is 2.68. The highest BCUT2D eigenvalue weighted by molar-refractivity contribution is 6.33. The first-order chi connectivity index (χ1) is 10.5. The molecule has 1 rings (SSSR count). The number of amides is 2. The Morgan fingerprint density at radius 1 is 1.36 bits per heavy atom. The zero-order valence-corrected chi connectivity index (χ0v) is 12.8. The third kappa shape index (κ3) is 5.57. The first kappa shape index (κ1) is 17.7. The molecule has 1 aromatic rings. The highest BCUT2D eigenvalue weighted by Gasteiger charge is 2.19. The fourth-order valence-corrected chi connectivity index (χ4v) is 1.84. The molecule has 2 amide bonds. The van der Waals surface area contributed by atoms with Gasteiger partial charge in [0, 0.05) is 6.08 Å². The van der Waals surface area contributed by atoms with E-state index >= 15 is 0 Å². The van der Waals surface area contributed by atoms with Crippen LogP contribution in [0.1, 0.15) is 23.7 Å². The molecule has 1 atom stereocenters. The van der Waals surface area contributed by atoms with E-state index in [1.54, 1.807) is 25.1 Å². The van der Waals surface area contributed by atoms with Crippen molar-refractivity contribution < 1.29 is 19.1 Å². The molecule has 7 heteroatoms. The molecule has 0 radical (unpaired) electrons. The van der Waals surface area contributed by atoms with Crippen molar-refractivity contribution in [2.75, 3.05) is 6.61 Å². The van der Waals surface area contributed by atoms with E-state index in [-0.39, 0.29) is 23.6 Å². The number of carbonyl (C=O) groups excluding carboxylic acids is 3. The van der Waals surface area contributed by atoms with Gasteiger partial charge in [0.25, 0.3) is 5.91 Å². The highest BCUT2D eigenvalue weighted by Crippen LogP contribution is 2.14. The van der Waals surface area contributed by atoms with Gasteiger partial charge in [-0.3, -0.25) is 9.59 Å². The second kappa shape index (κ2) is 8.84. The van der Waals surface area contributed by atoms with Crippen molar-refractivity contribution in [2.45, 2.75) is 19.4 Å². The molecule has 0 aliphatic carbocycles. The lowest BCUT2D eigenvalue weighted by Gasteiger charge is -2.14. The topological polar surface area (TPSA) is 98.5 Å². The van der Waals surface area contributed by atoms with Crippen molar-refractivity contribution in [3.8, 4) is 0 Å². The number of hydrogen-bond donors (Lipinski definition) is 2. The lowest BCUT2D eigenvalue weighted by Crippen LogP contribution is -2.44. The SMILES string of the molecule is CCOC(=O)/C=C/C[C@@H](NC(=O)c1ccccc1Cl)C(N)=O. The summed E-state index contributed by atoms with van der Waals surface area (Å²) in [5.41, 5.74) is 5.48. The maximum absolute atomic E-state index is 12.1. The fourth-order valence-electron chi connectivity index (χ4n) is 1.62. The Morgan fingerprint density at radius 3 is 2.64 bits per heavy atom. The van der Waals surface area contributed by atoms with Crippen molar-refractivity contribution >= 4 is 29.4 Å². The summed E-state index contributed by atoms with van der Waals surface area (Å²) in [5, 5.41) is 2.75. The van der Waals surface area contributed by atoms with Gasteiger partial charge in [-0.2, -0.15) is 0 Å². The summed E-state index contributed by atoms with van der Waals surface area (Å²) in [7, 11) is 0. The number of nitrogens with one attached hydrogen (secondary N) is 1. The lowest BCUT2D eigenvalue weighted by atomic mass is 10.1. The van der Waals surface area contributed by atoms with E-state index in [0.717, 1.165) is 0 Å². The summed E-state index contributed by atoms with van der Waals surface area (Å²) in [6, 6.07) is 5.49. The van der Waals surface area contributed by atoms with Crippen LogP contribution in [0.15, 0.2) is 36.4 Å². The Labute approximate surface area is 133 Å². The Kier molecular flexibility index (Phi) is 7.12. The van der Waals surface area contributed by atoms with E-state index < -0.39 is 23.8 Å². The zero-order valence-electron chi connectivity index (χ0n) is 12.0. The third-order valence-corrected chi connectivity index (χ3v) is 3.01. The van der Waals surface area contributed by atoms with Gasteiger partial charge in [0.15, 0.2) is 0 Å². The second-order valence-corrected chi connectivity index (χ2v) is 4.71. The number of rotatable bonds is 7. The molecule has 0 bridgehead atoms. The molecular weight excluding hydrogens is 308 g/mol. The smallest absolute Gasteiger partial charge is 0.330 e. The fraction of sp³-hybridized carbons (Fsp3) is 0.267. The van der Waals surface area contributed by atoms with E-state index in [2.05, 4.69) is 5.32 Å². The highest BCUT2D eigenvalue weighted by atomic mass is 35.5. The Bertz CT molecular complexity index is 587. The predicted molar refractivity (Wildman–Crippen MR) is 82.3 cm³/mol. The van der Waals surface area contributed by atoms with E-state index in [0.29, 0.717) is 0 Å². The molecule has 0 aliphatic rings. The van der Waals surface area contributed by atoms with Gasteiger partial charge < -0.3 is 15.8 Å². The van der Waals surface area contributed by atoms with E-state index in [1.165, 1.54) is 18.2 Å². The number of halogens is 1. The minimum atomic E-state index is -0.950. The van der Waals surface area contributed by atoms with Crippen LogP contribution in [0.5, 0.6) is 0 Å². The number of carbonyl (C=O) groups is 3. The van der Waals surface area contributed by atoms with Gasteiger partial charge in [-0.15, -0.1) is 0 Å². The molecule has 0 spiro atoms. The second-order valence-electron chi connectivity index (χ2n) is 4.30. The average Bonchev–Trinajstić information content (AvgIpc) is 2.46. The molecule has 0 saturated heterocycles. The molecule has 22 heavy (non-hydrogen) atoms. The summed E-state index contributed by atoms with van der Waals surface area (Å²) in [5.74, 6) is -1.75. The van der Waals surface area contributed by atoms with Crippen LogP contribution in [0.4, 0.5) is 0 Å². The first-order valence-corrected chi connectivity index (χ1v) is 7.01. The molecule has 0 aliphatic heterocycles. The van der Waals surface area contributed by atoms with E-state index in [4.69, 9.17) is 22.1 Å². The van der Waals surface area contributed by atoms with Crippen LogP contribution in [0.25, 0.3) is 0 Å². The van der Waals surface area contributed by atoms with Crippen LogP contribution in [-0.4, -0.2) is 30.4 Å². The number of benzene rings is 1. The van der Waals surface area contributed by atoms with E-state index in [9.17, 15) is 14.4 Å². The summed E-state index contributed by atoms with van der Waals surface area (Å²) < 4.78 is 4.70. The molecular formula is C15H17ClN2O4. The average molecular weight is 325 g/mol. The van der Waals surface area contributed by atoms with Gasteiger partial charge in [-0.05, 0) is 25.5 Å². The molecule has 0 heterocycles. The van der Waals surface area contributed by atoms with Crippen molar-refractivity contribution in [1.29, 1.82) is 0 Å². The molecule has 0 fully saturated rings. The van der Waals surface area contributed by atoms with Gasteiger partial charge in [0.2, 0.25) is 5.91 Å². The normalized spacial score (nSPS) is 11.9. The van der Waals surface area contributed by atoms with Crippen LogP contribution in [0, 0.1) is 0 Å². The van der Waals surface area contributed by atoms with Gasteiger partial charge in [-0.25, -0.2) is 4.79 Å². The largest absolute Gasteiger partial charge is 0.463 e. The minimum Gasteiger partial charge on any atom is -0.463 e. The Balaban J connectivity index is 2.69. The zero-order chi connectivity index (χ0) is 16.5.